The van der Waals surface area contributed by atoms with Gasteiger partial charge >= 0.3 is 0 Å². The van der Waals surface area contributed by atoms with Crippen LogP contribution in [0.2, 0.25) is 10.0 Å². The molecule has 0 saturated carbocycles. The summed E-state index contributed by atoms with van der Waals surface area (Å²) in [4.78, 5) is 8.44. The number of nitrogens with zero attached hydrogens (tertiary/aromatic N) is 2. The molecule has 0 atom stereocenters. The molecule has 0 aliphatic carbocycles. The van der Waals surface area contributed by atoms with Gasteiger partial charge in [-0.25, -0.2) is 9.97 Å². The minimum absolute atomic E-state index is 0.388. The van der Waals surface area contributed by atoms with E-state index >= 15 is 0 Å². The number of rotatable bonds is 4. The van der Waals surface area contributed by atoms with E-state index in [0.717, 1.165) is 11.3 Å². The molecule has 1 heterocycles. The van der Waals surface area contributed by atoms with Gasteiger partial charge in [-0.3, -0.25) is 0 Å². The summed E-state index contributed by atoms with van der Waals surface area (Å²) >= 11 is 12.2. The Labute approximate surface area is 156 Å². The van der Waals surface area contributed by atoms with Crippen molar-refractivity contribution >= 4 is 51.9 Å². The number of hydrogen-bond donors (Lipinski definition) is 3. The van der Waals surface area contributed by atoms with Gasteiger partial charge in [-0.2, -0.15) is 0 Å². The molecule has 0 bridgehead atoms. The Morgan fingerprint density at radius 1 is 0.920 bits per heavy atom. The summed E-state index contributed by atoms with van der Waals surface area (Å²) in [5.74, 6) is 0.969. The average Bonchev–Trinajstić information content (AvgIpc) is 2.58. The number of nitrogens with one attached hydrogen (secondary N) is 2. The lowest BCUT2D eigenvalue weighted by molar-refractivity contribution is 1.17. The van der Waals surface area contributed by atoms with Crippen molar-refractivity contribution in [3.05, 3.63) is 63.9 Å². The summed E-state index contributed by atoms with van der Waals surface area (Å²) in [5, 5.41) is 7.44. The normalized spacial score (nSPS) is 10.6. The van der Waals surface area contributed by atoms with Gasteiger partial charge < -0.3 is 16.4 Å². The van der Waals surface area contributed by atoms with Crippen LogP contribution in [0.4, 0.5) is 28.7 Å². The number of benzene rings is 2. The monoisotopic (exact) mass is 373 g/mol. The first-order chi connectivity index (χ1) is 12.0. The molecule has 25 heavy (non-hydrogen) atoms. The summed E-state index contributed by atoms with van der Waals surface area (Å²) in [6.45, 7) is 4.10. The van der Waals surface area contributed by atoms with E-state index in [9.17, 15) is 0 Å². The predicted octanol–water partition coefficient (Wildman–Crippen LogP) is 5.47. The van der Waals surface area contributed by atoms with Gasteiger partial charge in [0.05, 0.1) is 10.7 Å². The lowest BCUT2D eigenvalue weighted by Crippen LogP contribution is -2.06. The van der Waals surface area contributed by atoms with Crippen LogP contribution in [0, 0.1) is 13.8 Å². The van der Waals surface area contributed by atoms with Crippen molar-refractivity contribution < 1.29 is 0 Å². The van der Waals surface area contributed by atoms with Crippen molar-refractivity contribution in [1.82, 2.24) is 9.97 Å². The first-order valence-corrected chi connectivity index (χ1v) is 8.37. The second-order valence-corrected chi connectivity index (χ2v) is 6.45. The highest BCUT2D eigenvalue weighted by Gasteiger charge is 2.11. The molecule has 4 N–H and O–H groups in total. The molecule has 0 fully saturated rings. The number of hydrogen-bond acceptors (Lipinski definition) is 5. The lowest BCUT2D eigenvalue weighted by Gasteiger charge is -2.15. The standard InChI is InChI=1S/C18H17Cl2N5/c1-10-4-3-5-14(11(10)2)24-17-16(21)18(23-9-22-17)25-15-8-12(19)6-7-13(15)20/h3-9H,21H2,1-2H3,(H2,22,23,24,25). The van der Waals surface area contributed by atoms with E-state index in [4.69, 9.17) is 28.9 Å². The Balaban J connectivity index is 1.92. The van der Waals surface area contributed by atoms with E-state index in [0.29, 0.717) is 33.1 Å². The Bertz CT molecular complexity index is 905. The highest BCUT2D eigenvalue weighted by Crippen LogP contribution is 2.33. The first kappa shape index (κ1) is 17.3. The maximum absolute atomic E-state index is 6.23. The van der Waals surface area contributed by atoms with Gasteiger partial charge in [0.25, 0.3) is 0 Å². The SMILES string of the molecule is Cc1cccc(Nc2ncnc(Nc3cc(Cl)ccc3Cl)c2N)c1C. The minimum Gasteiger partial charge on any atom is -0.393 e. The van der Waals surface area contributed by atoms with Crippen LogP contribution in [0.15, 0.2) is 42.7 Å². The van der Waals surface area contributed by atoms with Crippen LogP contribution in [0.3, 0.4) is 0 Å². The Kier molecular flexibility index (Phi) is 4.97. The molecule has 1 aromatic heterocycles. The molecule has 128 valence electrons. The van der Waals surface area contributed by atoms with Crippen LogP contribution in [-0.4, -0.2) is 9.97 Å². The highest BCUT2D eigenvalue weighted by atomic mass is 35.5. The smallest absolute Gasteiger partial charge is 0.159 e. The molecular formula is C18H17Cl2N5. The molecule has 0 amide bonds. The van der Waals surface area contributed by atoms with Crippen molar-refractivity contribution in [2.75, 3.05) is 16.4 Å². The van der Waals surface area contributed by atoms with Crippen LogP contribution in [0.5, 0.6) is 0 Å². The van der Waals surface area contributed by atoms with Crippen molar-refractivity contribution in [1.29, 1.82) is 0 Å². The Morgan fingerprint density at radius 2 is 1.60 bits per heavy atom. The number of nitrogen functional groups attached to an aromatic ring is 1. The second-order valence-electron chi connectivity index (χ2n) is 5.61. The lowest BCUT2D eigenvalue weighted by atomic mass is 10.1. The van der Waals surface area contributed by atoms with Crippen LogP contribution in [0.1, 0.15) is 11.1 Å². The van der Waals surface area contributed by atoms with Crippen molar-refractivity contribution in [3.63, 3.8) is 0 Å². The van der Waals surface area contributed by atoms with Gasteiger partial charge in [0.2, 0.25) is 0 Å². The third kappa shape index (κ3) is 3.78. The Morgan fingerprint density at radius 3 is 2.32 bits per heavy atom. The van der Waals surface area contributed by atoms with Gasteiger partial charge in [-0.15, -0.1) is 0 Å². The second kappa shape index (κ2) is 7.17. The van der Waals surface area contributed by atoms with E-state index in [-0.39, 0.29) is 0 Å². The van der Waals surface area contributed by atoms with Gasteiger partial charge in [0, 0.05) is 10.7 Å². The topological polar surface area (TPSA) is 75.9 Å². The maximum Gasteiger partial charge on any atom is 0.159 e. The van der Waals surface area contributed by atoms with E-state index in [2.05, 4.69) is 33.6 Å². The molecule has 0 radical (unpaired) electrons. The molecule has 0 aliphatic heterocycles. The zero-order chi connectivity index (χ0) is 18.0. The summed E-state index contributed by atoms with van der Waals surface area (Å²) in [6.07, 6.45) is 1.44. The highest BCUT2D eigenvalue weighted by molar-refractivity contribution is 6.35. The van der Waals surface area contributed by atoms with Crippen molar-refractivity contribution in [2.24, 2.45) is 0 Å². The Hall–Kier alpha value is -2.50. The zero-order valence-electron chi connectivity index (χ0n) is 13.8. The summed E-state index contributed by atoms with van der Waals surface area (Å²) < 4.78 is 0. The quantitative estimate of drug-likeness (QED) is 0.565. The van der Waals surface area contributed by atoms with Crippen LogP contribution in [0.25, 0.3) is 0 Å². The van der Waals surface area contributed by atoms with E-state index in [1.807, 2.05) is 19.1 Å². The molecule has 3 aromatic rings. The molecule has 2 aromatic carbocycles. The fraction of sp³-hybridized carbons (Fsp3) is 0.111. The summed E-state index contributed by atoms with van der Waals surface area (Å²) in [5.41, 5.74) is 10.5. The molecule has 5 nitrogen and oxygen atoms in total. The minimum atomic E-state index is 0.388. The number of aryl methyl sites for hydroxylation is 1. The van der Waals surface area contributed by atoms with E-state index < -0.39 is 0 Å². The van der Waals surface area contributed by atoms with Gasteiger partial charge in [-0.05, 0) is 49.2 Å². The van der Waals surface area contributed by atoms with Crippen molar-refractivity contribution in [2.45, 2.75) is 13.8 Å². The van der Waals surface area contributed by atoms with E-state index in [1.54, 1.807) is 18.2 Å². The van der Waals surface area contributed by atoms with Gasteiger partial charge in [0.15, 0.2) is 11.6 Å². The fourth-order valence-electron chi connectivity index (χ4n) is 2.33. The number of aromatic nitrogens is 2. The molecule has 0 aliphatic rings. The number of halogens is 2. The van der Waals surface area contributed by atoms with Gasteiger partial charge in [0.1, 0.15) is 12.0 Å². The molecule has 0 unspecified atom stereocenters. The number of nitrogens with two attached hydrogens (primary N) is 1. The van der Waals surface area contributed by atoms with Gasteiger partial charge in [-0.1, -0.05) is 35.3 Å². The maximum atomic E-state index is 6.23. The summed E-state index contributed by atoms with van der Waals surface area (Å²) in [7, 11) is 0. The third-order valence-electron chi connectivity index (χ3n) is 3.92. The molecule has 0 spiro atoms. The third-order valence-corrected chi connectivity index (χ3v) is 4.49. The first-order valence-electron chi connectivity index (χ1n) is 7.61. The molecule has 0 saturated heterocycles. The molecule has 7 heteroatoms. The fourth-order valence-corrected chi connectivity index (χ4v) is 2.67. The van der Waals surface area contributed by atoms with Crippen LogP contribution in [-0.2, 0) is 0 Å². The molecular weight excluding hydrogens is 357 g/mol. The summed E-state index contributed by atoms with van der Waals surface area (Å²) in [6, 6.07) is 11.1. The molecule has 3 rings (SSSR count). The predicted molar refractivity (Wildman–Crippen MR) is 105 cm³/mol. The largest absolute Gasteiger partial charge is 0.393 e. The number of anilines is 5. The van der Waals surface area contributed by atoms with Crippen molar-refractivity contribution in [3.8, 4) is 0 Å². The van der Waals surface area contributed by atoms with E-state index in [1.165, 1.54) is 11.9 Å². The van der Waals surface area contributed by atoms with Crippen LogP contribution >= 0.6 is 23.2 Å². The van der Waals surface area contributed by atoms with Crippen LogP contribution < -0.4 is 16.4 Å². The zero-order valence-corrected chi connectivity index (χ0v) is 15.3. The average molecular weight is 374 g/mol.